The number of fused-ring (bicyclic) bond motifs is 1. The van der Waals surface area contributed by atoms with E-state index in [0.29, 0.717) is 17.1 Å². The van der Waals surface area contributed by atoms with Crippen LogP contribution in [0.2, 0.25) is 0 Å². The van der Waals surface area contributed by atoms with Crippen molar-refractivity contribution in [3.05, 3.63) is 16.5 Å². The van der Waals surface area contributed by atoms with Gasteiger partial charge in [0, 0.05) is 6.26 Å². The predicted octanol–water partition coefficient (Wildman–Crippen LogP) is 1.13. The Kier molecular flexibility index (Phi) is 1.98. The maximum Gasteiger partial charge on any atom is 0.185 e. The molecule has 0 saturated carbocycles. The Hall–Kier alpha value is -0.390. The van der Waals surface area contributed by atoms with Crippen molar-refractivity contribution in [3.8, 4) is 0 Å². The molecule has 0 aromatic carbocycles. The number of thiophene rings is 1. The van der Waals surface area contributed by atoms with E-state index in [4.69, 9.17) is 0 Å². The highest BCUT2D eigenvalue weighted by Crippen LogP contribution is 2.39. The lowest BCUT2D eigenvalue weighted by Crippen LogP contribution is -1.96. The van der Waals surface area contributed by atoms with Gasteiger partial charge in [0.05, 0.1) is 6.10 Å². The van der Waals surface area contributed by atoms with E-state index in [0.717, 1.165) is 11.1 Å². The highest BCUT2D eigenvalue weighted by atomic mass is 32.2. The first-order valence-electron chi connectivity index (χ1n) is 3.98. The zero-order chi connectivity index (χ0) is 9.64. The van der Waals surface area contributed by atoms with Crippen LogP contribution in [0.25, 0.3) is 0 Å². The van der Waals surface area contributed by atoms with E-state index in [9.17, 15) is 13.5 Å². The summed E-state index contributed by atoms with van der Waals surface area (Å²) in [4.78, 5) is 0. The van der Waals surface area contributed by atoms with Crippen molar-refractivity contribution in [1.82, 2.24) is 0 Å². The molecule has 2 rings (SSSR count). The topological polar surface area (TPSA) is 54.4 Å². The Morgan fingerprint density at radius 1 is 1.62 bits per heavy atom. The SMILES string of the molecule is CS(=O)(=O)c1scc2c1CCC2O. The number of hydrogen-bond acceptors (Lipinski definition) is 4. The Morgan fingerprint density at radius 3 is 2.92 bits per heavy atom. The van der Waals surface area contributed by atoms with Crippen molar-refractivity contribution in [2.45, 2.75) is 23.2 Å². The van der Waals surface area contributed by atoms with Crippen molar-refractivity contribution in [2.75, 3.05) is 6.26 Å². The summed E-state index contributed by atoms with van der Waals surface area (Å²) in [5, 5.41) is 11.2. The van der Waals surface area contributed by atoms with Gasteiger partial charge in [-0.2, -0.15) is 0 Å². The first-order chi connectivity index (χ1) is 6.00. The third-order valence-electron chi connectivity index (χ3n) is 2.25. The molecule has 0 fully saturated rings. The van der Waals surface area contributed by atoms with Crippen molar-refractivity contribution in [1.29, 1.82) is 0 Å². The molecule has 1 aromatic heterocycles. The quantitative estimate of drug-likeness (QED) is 0.768. The normalized spacial score (nSPS) is 21.8. The number of sulfone groups is 1. The Bertz CT molecular complexity index is 430. The fourth-order valence-electron chi connectivity index (χ4n) is 1.65. The van der Waals surface area contributed by atoms with Gasteiger partial charge in [-0.15, -0.1) is 11.3 Å². The summed E-state index contributed by atoms with van der Waals surface area (Å²) in [5.74, 6) is 0. The van der Waals surface area contributed by atoms with Gasteiger partial charge in [-0.25, -0.2) is 8.42 Å². The average molecular weight is 218 g/mol. The minimum atomic E-state index is -3.10. The molecule has 1 aromatic rings. The minimum absolute atomic E-state index is 0.430. The monoisotopic (exact) mass is 218 g/mol. The molecule has 1 aliphatic rings. The maximum absolute atomic E-state index is 11.3. The van der Waals surface area contributed by atoms with E-state index in [1.165, 1.54) is 17.6 Å². The molecule has 0 bridgehead atoms. The molecule has 1 unspecified atom stereocenters. The van der Waals surface area contributed by atoms with Crippen molar-refractivity contribution in [3.63, 3.8) is 0 Å². The van der Waals surface area contributed by atoms with Crippen LogP contribution in [0.1, 0.15) is 23.7 Å². The largest absolute Gasteiger partial charge is 0.388 e. The van der Waals surface area contributed by atoms with Gasteiger partial charge in [0.2, 0.25) is 0 Å². The smallest absolute Gasteiger partial charge is 0.185 e. The van der Waals surface area contributed by atoms with E-state index in [-0.39, 0.29) is 0 Å². The van der Waals surface area contributed by atoms with Gasteiger partial charge in [-0.3, -0.25) is 0 Å². The summed E-state index contributed by atoms with van der Waals surface area (Å²) in [7, 11) is -3.10. The van der Waals surface area contributed by atoms with E-state index in [2.05, 4.69) is 0 Å². The van der Waals surface area contributed by atoms with E-state index in [1.54, 1.807) is 5.38 Å². The molecule has 0 aliphatic heterocycles. The third kappa shape index (κ3) is 1.41. The van der Waals surface area contributed by atoms with Gasteiger partial charge >= 0.3 is 0 Å². The Balaban J connectivity index is 2.59. The third-order valence-corrected chi connectivity index (χ3v) is 5.20. The fraction of sp³-hybridized carbons (Fsp3) is 0.500. The fourth-order valence-corrected chi connectivity index (χ4v) is 4.06. The molecule has 72 valence electrons. The van der Waals surface area contributed by atoms with Crippen LogP contribution in [0.5, 0.6) is 0 Å². The molecule has 1 heterocycles. The zero-order valence-electron chi connectivity index (χ0n) is 7.15. The van der Waals surface area contributed by atoms with Crippen molar-refractivity contribution < 1.29 is 13.5 Å². The van der Waals surface area contributed by atoms with Crippen molar-refractivity contribution in [2.24, 2.45) is 0 Å². The molecule has 0 radical (unpaired) electrons. The number of rotatable bonds is 1. The average Bonchev–Trinajstić information content (AvgIpc) is 2.51. The molecule has 5 heteroatoms. The lowest BCUT2D eigenvalue weighted by atomic mass is 10.2. The van der Waals surface area contributed by atoms with Crippen molar-refractivity contribution >= 4 is 21.2 Å². The zero-order valence-corrected chi connectivity index (χ0v) is 8.78. The predicted molar refractivity (Wildman–Crippen MR) is 50.7 cm³/mol. The molecule has 1 N–H and O–H groups in total. The first-order valence-corrected chi connectivity index (χ1v) is 6.75. The van der Waals surface area contributed by atoms with E-state index in [1.807, 2.05) is 0 Å². The summed E-state index contributed by atoms with van der Waals surface area (Å²) in [6, 6.07) is 0. The Labute approximate surface area is 80.9 Å². The molecule has 3 nitrogen and oxygen atoms in total. The second kappa shape index (κ2) is 2.80. The van der Waals surface area contributed by atoms with Gasteiger partial charge in [0.25, 0.3) is 0 Å². The van der Waals surface area contributed by atoms with Gasteiger partial charge in [-0.1, -0.05) is 0 Å². The van der Waals surface area contributed by atoms with Gasteiger partial charge in [-0.05, 0) is 29.3 Å². The van der Waals surface area contributed by atoms with Crippen LogP contribution >= 0.6 is 11.3 Å². The second-order valence-corrected chi connectivity index (χ2v) is 6.37. The van der Waals surface area contributed by atoms with Crippen LogP contribution in [0.4, 0.5) is 0 Å². The second-order valence-electron chi connectivity index (χ2n) is 3.28. The minimum Gasteiger partial charge on any atom is -0.388 e. The van der Waals surface area contributed by atoms with Gasteiger partial charge in [0.1, 0.15) is 4.21 Å². The maximum atomic E-state index is 11.3. The Morgan fingerprint density at radius 2 is 2.31 bits per heavy atom. The van der Waals surface area contributed by atoms with Gasteiger partial charge < -0.3 is 5.11 Å². The molecule has 1 aliphatic carbocycles. The lowest BCUT2D eigenvalue weighted by molar-refractivity contribution is 0.180. The molecule has 1 atom stereocenters. The van der Waals surface area contributed by atoms with Crippen LogP contribution in [0.15, 0.2) is 9.59 Å². The van der Waals surface area contributed by atoms with E-state index >= 15 is 0 Å². The van der Waals surface area contributed by atoms with Crippen LogP contribution in [-0.4, -0.2) is 19.8 Å². The summed E-state index contributed by atoms with van der Waals surface area (Å²) >= 11 is 1.21. The summed E-state index contributed by atoms with van der Waals surface area (Å²) in [6.07, 6.45) is 2.09. The highest BCUT2D eigenvalue weighted by Gasteiger charge is 2.28. The molecule has 0 saturated heterocycles. The van der Waals surface area contributed by atoms with E-state index < -0.39 is 15.9 Å². The van der Waals surface area contributed by atoms with Gasteiger partial charge in [0.15, 0.2) is 9.84 Å². The van der Waals surface area contributed by atoms with Crippen LogP contribution in [0, 0.1) is 0 Å². The summed E-state index contributed by atoms with van der Waals surface area (Å²) in [5.41, 5.74) is 1.64. The first kappa shape index (κ1) is 9.18. The van der Waals surface area contributed by atoms with Crippen LogP contribution in [0.3, 0.4) is 0 Å². The molecule has 0 spiro atoms. The standard InChI is InChI=1S/C8H10O3S2/c1-13(10,11)8-5-2-3-7(9)6(5)4-12-8/h4,7,9H,2-3H2,1H3. The molecule has 0 amide bonds. The lowest BCUT2D eigenvalue weighted by Gasteiger charge is -1.96. The number of aliphatic hydroxyl groups excluding tert-OH is 1. The molecular weight excluding hydrogens is 208 g/mol. The number of hydrogen-bond donors (Lipinski definition) is 1. The summed E-state index contributed by atoms with van der Waals surface area (Å²) in [6.45, 7) is 0. The highest BCUT2D eigenvalue weighted by molar-refractivity contribution is 7.92. The number of aliphatic hydroxyl groups is 1. The molecular formula is C8H10O3S2. The summed E-state index contributed by atoms with van der Waals surface area (Å²) < 4.78 is 23.0. The van der Waals surface area contributed by atoms with Crippen LogP contribution < -0.4 is 0 Å². The van der Waals surface area contributed by atoms with Crippen LogP contribution in [-0.2, 0) is 16.3 Å². The molecule has 13 heavy (non-hydrogen) atoms.